The van der Waals surface area contributed by atoms with Gasteiger partial charge in [0.25, 0.3) is 0 Å². The quantitative estimate of drug-likeness (QED) is 0.698. The Labute approximate surface area is 115 Å². The molecule has 0 saturated heterocycles. The molecule has 3 nitrogen and oxygen atoms in total. The molecule has 1 aromatic rings. The Morgan fingerprint density at radius 2 is 2.11 bits per heavy atom. The van der Waals surface area contributed by atoms with Crippen LogP contribution in [-0.4, -0.2) is 26.9 Å². The molecule has 1 atom stereocenters. The van der Waals surface area contributed by atoms with E-state index >= 15 is 0 Å². The van der Waals surface area contributed by atoms with Gasteiger partial charge in [-0.1, -0.05) is 13.0 Å². The lowest BCUT2D eigenvalue weighted by Crippen LogP contribution is -2.21. The van der Waals surface area contributed by atoms with Crippen molar-refractivity contribution >= 4 is 0 Å². The van der Waals surface area contributed by atoms with Crippen LogP contribution in [0.1, 0.15) is 38.3 Å². The smallest absolute Gasteiger partial charge is 0.165 e. The van der Waals surface area contributed by atoms with Crippen LogP contribution in [0.15, 0.2) is 18.2 Å². The number of hydrogen-bond donors (Lipinski definition) is 1. The molecule has 19 heavy (non-hydrogen) atoms. The van der Waals surface area contributed by atoms with Gasteiger partial charge in [-0.25, -0.2) is 4.39 Å². The highest BCUT2D eigenvalue weighted by Gasteiger charge is 2.08. The van der Waals surface area contributed by atoms with Gasteiger partial charge in [-0.2, -0.15) is 0 Å². The summed E-state index contributed by atoms with van der Waals surface area (Å²) >= 11 is 0. The fourth-order valence-corrected chi connectivity index (χ4v) is 1.81. The molecule has 0 saturated carbocycles. The van der Waals surface area contributed by atoms with Gasteiger partial charge in [-0.3, -0.25) is 0 Å². The minimum Gasteiger partial charge on any atom is -0.494 e. The van der Waals surface area contributed by atoms with E-state index in [1.807, 2.05) is 13.0 Å². The Bertz CT molecular complexity index is 371. The van der Waals surface area contributed by atoms with Gasteiger partial charge in [-0.05, 0) is 44.0 Å². The third kappa shape index (κ3) is 5.57. The maximum atomic E-state index is 13.6. The van der Waals surface area contributed by atoms with Gasteiger partial charge in [0.15, 0.2) is 11.6 Å². The molecule has 0 aliphatic rings. The molecular weight excluding hydrogens is 245 g/mol. The van der Waals surface area contributed by atoms with Gasteiger partial charge >= 0.3 is 0 Å². The maximum Gasteiger partial charge on any atom is 0.165 e. The van der Waals surface area contributed by atoms with E-state index in [1.54, 1.807) is 6.07 Å². The summed E-state index contributed by atoms with van der Waals surface area (Å²) in [5, 5.41) is 3.35. The van der Waals surface area contributed by atoms with Crippen molar-refractivity contribution in [2.75, 3.05) is 26.9 Å². The number of methoxy groups -OCH3 is 1. The molecule has 1 unspecified atom stereocenters. The van der Waals surface area contributed by atoms with Crippen molar-refractivity contribution in [3.63, 3.8) is 0 Å². The monoisotopic (exact) mass is 269 g/mol. The van der Waals surface area contributed by atoms with Gasteiger partial charge < -0.3 is 14.8 Å². The Hall–Kier alpha value is -1.13. The zero-order valence-electron chi connectivity index (χ0n) is 12.0. The highest BCUT2D eigenvalue weighted by molar-refractivity contribution is 5.30. The summed E-state index contributed by atoms with van der Waals surface area (Å²) in [5.74, 6) is -0.0381. The molecule has 1 N–H and O–H groups in total. The molecule has 0 aliphatic carbocycles. The molecule has 0 heterocycles. The summed E-state index contributed by atoms with van der Waals surface area (Å²) in [5.41, 5.74) is 0.924. The lowest BCUT2D eigenvalue weighted by Gasteiger charge is -2.15. The minimum atomic E-state index is -0.320. The van der Waals surface area contributed by atoms with Crippen LogP contribution in [0.3, 0.4) is 0 Å². The van der Waals surface area contributed by atoms with Crippen LogP contribution >= 0.6 is 0 Å². The second-order valence-electron chi connectivity index (χ2n) is 4.54. The number of rotatable bonds is 9. The largest absolute Gasteiger partial charge is 0.494 e. The van der Waals surface area contributed by atoms with Crippen LogP contribution in [0.4, 0.5) is 4.39 Å². The summed E-state index contributed by atoms with van der Waals surface area (Å²) in [4.78, 5) is 0. The SMILES string of the molecule is CCCOCCCNC(C)c1ccc(OC)c(F)c1. The summed E-state index contributed by atoms with van der Waals surface area (Å²) < 4.78 is 23.9. The Morgan fingerprint density at radius 1 is 1.32 bits per heavy atom. The highest BCUT2D eigenvalue weighted by Crippen LogP contribution is 2.21. The molecule has 0 aliphatic heterocycles. The fourth-order valence-electron chi connectivity index (χ4n) is 1.81. The number of ether oxygens (including phenoxy) is 2. The van der Waals surface area contributed by atoms with Gasteiger partial charge in [0.2, 0.25) is 0 Å². The zero-order chi connectivity index (χ0) is 14.1. The predicted octanol–water partition coefficient (Wildman–Crippen LogP) is 3.30. The third-order valence-electron chi connectivity index (χ3n) is 2.94. The van der Waals surface area contributed by atoms with Crippen molar-refractivity contribution < 1.29 is 13.9 Å². The average molecular weight is 269 g/mol. The second-order valence-corrected chi connectivity index (χ2v) is 4.54. The van der Waals surface area contributed by atoms with Gasteiger partial charge in [0.1, 0.15) is 0 Å². The summed E-state index contributed by atoms with van der Waals surface area (Å²) in [6.45, 7) is 6.56. The third-order valence-corrected chi connectivity index (χ3v) is 2.94. The van der Waals surface area contributed by atoms with Crippen LogP contribution in [0, 0.1) is 5.82 Å². The van der Waals surface area contributed by atoms with Crippen molar-refractivity contribution in [3.8, 4) is 5.75 Å². The lowest BCUT2D eigenvalue weighted by molar-refractivity contribution is 0.132. The molecule has 0 amide bonds. The van der Waals surface area contributed by atoms with E-state index in [0.717, 1.165) is 38.2 Å². The van der Waals surface area contributed by atoms with Crippen molar-refractivity contribution in [1.82, 2.24) is 5.32 Å². The number of benzene rings is 1. The molecule has 4 heteroatoms. The molecule has 1 rings (SSSR count). The average Bonchev–Trinajstić information content (AvgIpc) is 2.42. The van der Waals surface area contributed by atoms with Gasteiger partial charge in [-0.15, -0.1) is 0 Å². The van der Waals surface area contributed by atoms with Crippen LogP contribution in [0.5, 0.6) is 5.75 Å². The predicted molar refractivity (Wildman–Crippen MR) is 75.1 cm³/mol. The Morgan fingerprint density at radius 3 is 2.74 bits per heavy atom. The summed E-state index contributed by atoms with van der Waals surface area (Å²) in [6, 6.07) is 5.18. The topological polar surface area (TPSA) is 30.5 Å². The molecule has 0 bridgehead atoms. The first-order valence-corrected chi connectivity index (χ1v) is 6.83. The molecule has 0 fully saturated rings. The molecule has 0 spiro atoms. The summed E-state index contributed by atoms with van der Waals surface area (Å²) in [7, 11) is 1.47. The molecule has 108 valence electrons. The van der Waals surface area contributed by atoms with E-state index < -0.39 is 0 Å². The Kier molecular flexibility index (Phi) is 7.45. The molecule has 1 aromatic carbocycles. The normalized spacial score (nSPS) is 12.4. The van der Waals surface area contributed by atoms with E-state index in [0.29, 0.717) is 0 Å². The number of hydrogen-bond acceptors (Lipinski definition) is 3. The van der Waals surface area contributed by atoms with E-state index in [4.69, 9.17) is 9.47 Å². The second kappa shape index (κ2) is 8.88. The minimum absolute atomic E-state index is 0.117. The highest BCUT2D eigenvalue weighted by atomic mass is 19.1. The molecule has 0 aromatic heterocycles. The fraction of sp³-hybridized carbons (Fsp3) is 0.600. The standard InChI is InChI=1S/C15H24FNO2/c1-4-9-19-10-5-8-17-12(2)13-6-7-15(18-3)14(16)11-13/h6-7,11-12,17H,4-5,8-10H2,1-3H3. The van der Waals surface area contributed by atoms with E-state index in [1.165, 1.54) is 13.2 Å². The van der Waals surface area contributed by atoms with Crippen LogP contribution in [-0.2, 0) is 4.74 Å². The Balaban J connectivity index is 2.33. The van der Waals surface area contributed by atoms with E-state index in [2.05, 4.69) is 12.2 Å². The molecular formula is C15H24FNO2. The van der Waals surface area contributed by atoms with Crippen LogP contribution in [0.2, 0.25) is 0 Å². The van der Waals surface area contributed by atoms with Gasteiger partial charge in [0, 0.05) is 19.3 Å². The van der Waals surface area contributed by atoms with E-state index in [9.17, 15) is 4.39 Å². The van der Waals surface area contributed by atoms with Crippen molar-refractivity contribution in [2.24, 2.45) is 0 Å². The van der Waals surface area contributed by atoms with Crippen molar-refractivity contribution in [3.05, 3.63) is 29.6 Å². The van der Waals surface area contributed by atoms with Crippen molar-refractivity contribution in [2.45, 2.75) is 32.7 Å². The van der Waals surface area contributed by atoms with E-state index in [-0.39, 0.29) is 17.6 Å². The van der Waals surface area contributed by atoms with Crippen LogP contribution < -0.4 is 10.1 Å². The lowest BCUT2D eigenvalue weighted by atomic mass is 10.1. The zero-order valence-corrected chi connectivity index (χ0v) is 12.0. The number of halogens is 1. The first kappa shape index (κ1) is 15.9. The van der Waals surface area contributed by atoms with Crippen molar-refractivity contribution in [1.29, 1.82) is 0 Å². The first-order valence-electron chi connectivity index (χ1n) is 6.83. The number of nitrogens with one attached hydrogen (secondary N) is 1. The first-order chi connectivity index (χ1) is 9.19. The molecule has 0 radical (unpaired) electrons. The summed E-state index contributed by atoms with van der Waals surface area (Å²) in [6.07, 6.45) is 2.01. The van der Waals surface area contributed by atoms with Crippen LogP contribution in [0.25, 0.3) is 0 Å². The van der Waals surface area contributed by atoms with Gasteiger partial charge in [0.05, 0.1) is 7.11 Å². The maximum absolute atomic E-state index is 13.6.